The summed E-state index contributed by atoms with van der Waals surface area (Å²) in [5.41, 5.74) is 0.597. The number of pyridine rings is 1. The summed E-state index contributed by atoms with van der Waals surface area (Å²) in [6.45, 7) is 1.57. The van der Waals surface area contributed by atoms with Gasteiger partial charge in [0.1, 0.15) is 0 Å². The van der Waals surface area contributed by atoms with Gasteiger partial charge in [-0.2, -0.15) is 0 Å². The van der Waals surface area contributed by atoms with E-state index >= 15 is 0 Å². The highest BCUT2D eigenvalue weighted by molar-refractivity contribution is 5.87. The number of carboxylic acid groups (broad SMARTS) is 1. The molecule has 0 amide bonds. The minimum absolute atomic E-state index is 0.124. The standard InChI is InChI=1S/C8H9NO3/c1-5(10)7-3-2-6(4-9-7)8(11)12/h2-5,10H,1H3,(H,11,12)/t5-/m1/s1. The molecular weight excluding hydrogens is 158 g/mol. The molecule has 1 heterocycles. The molecule has 0 spiro atoms. The number of hydrogen-bond donors (Lipinski definition) is 2. The Morgan fingerprint density at radius 1 is 1.58 bits per heavy atom. The van der Waals surface area contributed by atoms with Crippen molar-refractivity contribution >= 4 is 5.97 Å². The van der Waals surface area contributed by atoms with Crippen molar-refractivity contribution < 1.29 is 15.0 Å². The molecule has 12 heavy (non-hydrogen) atoms. The van der Waals surface area contributed by atoms with Crippen molar-refractivity contribution in [1.29, 1.82) is 0 Å². The molecule has 1 aromatic rings. The van der Waals surface area contributed by atoms with Crippen LogP contribution in [0.2, 0.25) is 0 Å². The zero-order valence-electron chi connectivity index (χ0n) is 6.56. The highest BCUT2D eigenvalue weighted by atomic mass is 16.4. The number of aromatic nitrogens is 1. The second-order valence-electron chi connectivity index (χ2n) is 2.45. The maximum Gasteiger partial charge on any atom is 0.337 e. The largest absolute Gasteiger partial charge is 0.478 e. The van der Waals surface area contributed by atoms with Crippen molar-refractivity contribution in [2.24, 2.45) is 0 Å². The van der Waals surface area contributed by atoms with Crippen LogP contribution in [0.5, 0.6) is 0 Å². The number of aromatic carboxylic acids is 1. The van der Waals surface area contributed by atoms with E-state index in [1.807, 2.05) is 0 Å². The molecule has 0 aliphatic rings. The van der Waals surface area contributed by atoms with Crippen LogP contribution in [0.15, 0.2) is 18.3 Å². The summed E-state index contributed by atoms with van der Waals surface area (Å²) in [5, 5.41) is 17.6. The normalized spacial score (nSPS) is 12.5. The van der Waals surface area contributed by atoms with Crippen LogP contribution in [0.3, 0.4) is 0 Å². The monoisotopic (exact) mass is 167 g/mol. The van der Waals surface area contributed by atoms with E-state index in [-0.39, 0.29) is 5.56 Å². The summed E-state index contributed by atoms with van der Waals surface area (Å²) in [6.07, 6.45) is 0.567. The molecule has 64 valence electrons. The lowest BCUT2D eigenvalue weighted by Crippen LogP contribution is -2.00. The molecule has 4 nitrogen and oxygen atoms in total. The average molecular weight is 167 g/mol. The number of carboxylic acids is 1. The lowest BCUT2D eigenvalue weighted by Gasteiger charge is -2.02. The molecule has 0 aliphatic carbocycles. The van der Waals surface area contributed by atoms with Gasteiger partial charge in [0.2, 0.25) is 0 Å². The number of aliphatic hydroxyl groups excluding tert-OH is 1. The van der Waals surface area contributed by atoms with Gasteiger partial charge >= 0.3 is 5.97 Å². The number of carbonyl (C=O) groups is 1. The molecule has 4 heteroatoms. The first-order valence-corrected chi connectivity index (χ1v) is 3.48. The molecule has 0 fully saturated rings. The van der Waals surface area contributed by atoms with Crippen LogP contribution in [0.4, 0.5) is 0 Å². The molecule has 0 bridgehead atoms. The first-order chi connectivity index (χ1) is 5.61. The van der Waals surface area contributed by atoms with Crippen LogP contribution in [0, 0.1) is 0 Å². The van der Waals surface area contributed by atoms with E-state index in [9.17, 15) is 4.79 Å². The Morgan fingerprint density at radius 2 is 2.25 bits per heavy atom. The summed E-state index contributed by atoms with van der Waals surface area (Å²) in [7, 11) is 0. The Hall–Kier alpha value is -1.42. The topological polar surface area (TPSA) is 70.4 Å². The van der Waals surface area contributed by atoms with E-state index in [0.29, 0.717) is 5.69 Å². The summed E-state index contributed by atoms with van der Waals surface area (Å²) < 4.78 is 0. The Kier molecular flexibility index (Phi) is 2.40. The molecule has 0 unspecified atom stereocenters. The fourth-order valence-corrected chi connectivity index (χ4v) is 0.779. The van der Waals surface area contributed by atoms with Crippen molar-refractivity contribution in [3.63, 3.8) is 0 Å². The maximum atomic E-state index is 10.4. The highest BCUT2D eigenvalue weighted by Gasteiger charge is 2.05. The van der Waals surface area contributed by atoms with Gasteiger partial charge in [0, 0.05) is 6.20 Å². The van der Waals surface area contributed by atoms with E-state index in [0.717, 1.165) is 0 Å². The quantitative estimate of drug-likeness (QED) is 0.684. The highest BCUT2D eigenvalue weighted by Crippen LogP contribution is 2.08. The molecule has 1 aromatic heterocycles. The van der Waals surface area contributed by atoms with Crippen molar-refractivity contribution in [3.8, 4) is 0 Å². The first-order valence-electron chi connectivity index (χ1n) is 3.48. The van der Waals surface area contributed by atoms with E-state index in [2.05, 4.69) is 4.98 Å². The summed E-state index contributed by atoms with van der Waals surface area (Å²) in [6, 6.07) is 2.91. The minimum Gasteiger partial charge on any atom is -0.478 e. The summed E-state index contributed by atoms with van der Waals surface area (Å²) in [5.74, 6) is -1.01. The van der Waals surface area contributed by atoms with E-state index < -0.39 is 12.1 Å². The minimum atomic E-state index is -1.01. The van der Waals surface area contributed by atoms with Crippen molar-refractivity contribution in [3.05, 3.63) is 29.6 Å². The molecule has 0 saturated heterocycles. The van der Waals surface area contributed by atoms with Gasteiger partial charge in [0.25, 0.3) is 0 Å². The molecule has 1 rings (SSSR count). The van der Waals surface area contributed by atoms with Crippen LogP contribution in [-0.2, 0) is 0 Å². The number of rotatable bonds is 2. The van der Waals surface area contributed by atoms with Crippen molar-refractivity contribution in [1.82, 2.24) is 4.98 Å². The number of nitrogens with zero attached hydrogens (tertiary/aromatic N) is 1. The van der Waals surface area contributed by atoms with Gasteiger partial charge in [-0.05, 0) is 19.1 Å². The second-order valence-corrected chi connectivity index (χ2v) is 2.45. The van der Waals surface area contributed by atoms with Crippen LogP contribution in [0.25, 0.3) is 0 Å². The van der Waals surface area contributed by atoms with Gasteiger partial charge in [-0.25, -0.2) is 4.79 Å². The predicted octanol–water partition coefficient (Wildman–Crippen LogP) is 0.833. The van der Waals surface area contributed by atoms with Gasteiger partial charge in [-0.3, -0.25) is 4.98 Å². The molecule has 0 saturated carbocycles. The van der Waals surface area contributed by atoms with Crippen molar-refractivity contribution in [2.45, 2.75) is 13.0 Å². The molecular formula is C8H9NO3. The number of hydrogen-bond acceptors (Lipinski definition) is 3. The molecule has 1 atom stereocenters. The molecule has 2 N–H and O–H groups in total. The first kappa shape index (κ1) is 8.67. The Morgan fingerprint density at radius 3 is 2.58 bits per heavy atom. The van der Waals surface area contributed by atoms with Crippen LogP contribution in [-0.4, -0.2) is 21.2 Å². The fraction of sp³-hybridized carbons (Fsp3) is 0.250. The van der Waals surface area contributed by atoms with Gasteiger partial charge in [0.15, 0.2) is 0 Å². The second kappa shape index (κ2) is 3.32. The fourth-order valence-electron chi connectivity index (χ4n) is 0.779. The Bertz CT molecular complexity index is 279. The predicted molar refractivity (Wildman–Crippen MR) is 41.8 cm³/mol. The van der Waals surface area contributed by atoms with Gasteiger partial charge < -0.3 is 10.2 Å². The summed E-state index contributed by atoms with van der Waals surface area (Å²) >= 11 is 0. The number of aliphatic hydroxyl groups is 1. The van der Waals surface area contributed by atoms with Gasteiger partial charge in [0.05, 0.1) is 17.4 Å². The average Bonchev–Trinajstić information content (AvgIpc) is 2.04. The van der Waals surface area contributed by atoms with Gasteiger partial charge in [-0.1, -0.05) is 0 Å². The van der Waals surface area contributed by atoms with E-state index in [1.54, 1.807) is 6.92 Å². The van der Waals surface area contributed by atoms with Crippen LogP contribution >= 0.6 is 0 Å². The lowest BCUT2D eigenvalue weighted by molar-refractivity contribution is 0.0696. The summed E-state index contributed by atoms with van der Waals surface area (Å²) in [4.78, 5) is 14.1. The lowest BCUT2D eigenvalue weighted by atomic mass is 10.2. The van der Waals surface area contributed by atoms with Crippen LogP contribution < -0.4 is 0 Å². The molecule has 0 aliphatic heterocycles. The third-order valence-corrected chi connectivity index (χ3v) is 1.46. The smallest absolute Gasteiger partial charge is 0.337 e. The van der Waals surface area contributed by atoms with Crippen LogP contribution in [0.1, 0.15) is 29.1 Å². The van der Waals surface area contributed by atoms with E-state index in [1.165, 1.54) is 18.3 Å². The SMILES string of the molecule is C[C@@H](O)c1ccc(C(=O)O)cn1. The Balaban J connectivity index is 2.93. The molecule has 0 radical (unpaired) electrons. The van der Waals surface area contributed by atoms with Gasteiger partial charge in [-0.15, -0.1) is 0 Å². The van der Waals surface area contributed by atoms with E-state index in [4.69, 9.17) is 10.2 Å². The zero-order chi connectivity index (χ0) is 9.14. The maximum absolute atomic E-state index is 10.4. The zero-order valence-corrected chi connectivity index (χ0v) is 6.56. The Labute approximate surface area is 69.5 Å². The molecule has 0 aromatic carbocycles. The van der Waals surface area contributed by atoms with Crippen molar-refractivity contribution in [2.75, 3.05) is 0 Å². The third-order valence-electron chi connectivity index (χ3n) is 1.46. The third kappa shape index (κ3) is 1.79.